The number of nitrogens with zero attached hydrogens (tertiary/aromatic N) is 2. The van der Waals surface area contributed by atoms with Crippen LogP contribution in [-0.4, -0.2) is 36.1 Å². The molecule has 106 valence electrons. The van der Waals surface area contributed by atoms with Crippen LogP contribution in [0.4, 0.5) is 0 Å². The van der Waals surface area contributed by atoms with Gasteiger partial charge in [-0.1, -0.05) is 17.7 Å². The second kappa shape index (κ2) is 6.08. The van der Waals surface area contributed by atoms with Crippen LogP contribution in [-0.2, 0) is 6.54 Å². The number of aromatic nitrogens is 1. The first-order valence-electron chi connectivity index (χ1n) is 7.18. The van der Waals surface area contributed by atoms with Gasteiger partial charge in [-0.15, -0.1) is 0 Å². The number of pyridine rings is 1. The predicted octanol–water partition coefficient (Wildman–Crippen LogP) is 3.07. The monoisotopic (exact) mass is 289 g/mol. The average molecular weight is 290 g/mol. The van der Waals surface area contributed by atoms with Crippen molar-refractivity contribution >= 4 is 22.5 Å². The fourth-order valence-corrected chi connectivity index (χ4v) is 3.02. The molecule has 2 heterocycles. The molecule has 0 spiro atoms. The van der Waals surface area contributed by atoms with E-state index in [-0.39, 0.29) is 0 Å². The van der Waals surface area contributed by atoms with Gasteiger partial charge in [0.15, 0.2) is 0 Å². The van der Waals surface area contributed by atoms with Gasteiger partial charge in [0, 0.05) is 29.2 Å². The van der Waals surface area contributed by atoms with E-state index in [4.69, 9.17) is 11.6 Å². The normalized spacial score (nSPS) is 17.7. The quantitative estimate of drug-likeness (QED) is 0.941. The molecular formula is C16H20ClN3. The lowest BCUT2D eigenvalue weighted by atomic mass is 10.0. The van der Waals surface area contributed by atoms with Gasteiger partial charge in [0.1, 0.15) is 0 Å². The first kappa shape index (κ1) is 13.8. The van der Waals surface area contributed by atoms with E-state index in [0.29, 0.717) is 6.04 Å². The summed E-state index contributed by atoms with van der Waals surface area (Å²) < 4.78 is 0. The van der Waals surface area contributed by atoms with E-state index < -0.39 is 0 Å². The number of benzene rings is 1. The second-order valence-corrected chi connectivity index (χ2v) is 5.97. The molecule has 0 radical (unpaired) electrons. The van der Waals surface area contributed by atoms with Crippen LogP contribution < -0.4 is 5.32 Å². The summed E-state index contributed by atoms with van der Waals surface area (Å²) in [5.74, 6) is 0. The van der Waals surface area contributed by atoms with Gasteiger partial charge in [0.2, 0.25) is 0 Å². The van der Waals surface area contributed by atoms with Crippen LogP contribution in [0, 0.1) is 0 Å². The number of rotatable bonds is 3. The van der Waals surface area contributed by atoms with Crippen LogP contribution in [0.3, 0.4) is 0 Å². The van der Waals surface area contributed by atoms with Crippen molar-refractivity contribution in [1.29, 1.82) is 0 Å². The van der Waals surface area contributed by atoms with Crippen molar-refractivity contribution in [1.82, 2.24) is 15.2 Å². The molecule has 1 N–H and O–H groups in total. The zero-order valence-corrected chi connectivity index (χ0v) is 12.5. The lowest BCUT2D eigenvalue weighted by Gasteiger charge is -2.29. The Morgan fingerprint density at radius 2 is 2.10 bits per heavy atom. The number of nitrogens with one attached hydrogen (secondary N) is 1. The molecule has 2 aromatic rings. The molecule has 0 bridgehead atoms. The third-order valence-corrected chi connectivity index (χ3v) is 4.43. The summed E-state index contributed by atoms with van der Waals surface area (Å²) in [6.07, 6.45) is 4.27. The molecule has 0 aliphatic carbocycles. The van der Waals surface area contributed by atoms with Crippen molar-refractivity contribution in [3.8, 4) is 0 Å². The summed E-state index contributed by atoms with van der Waals surface area (Å²) in [7, 11) is 2.19. The minimum absolute atomic E-state index is 0.612. The zero-order chi connectivity index (χ0) is 13.9. The Kier molecular flexibility index (Phi) is 4.20. The van der Waals surface area contributed by atoms with Crippen LogP contribution in [0.1, 0.15) is 18.4 Å². The molecular weight excluding hydrogens is 270 g/mol. The topological polar surface area (TPSA) is 28.2 Å². The summed E-state index contributed by atoms with van der Waals surface area (Å²) in [6.45, 7) is 3.22. The number of hydrogen-bond acceptors (Lipinski definition) is 3. The highest BCUT2D eigenvalue weighted by Crippen LogP contribution is 2.24. The van der Waals surface area contributed by atoms with Gasteiger partial charge in [-0.2, -0.15) is 0 Å². The van der Waals surface area contributed by atoms with E-state index in [0.717, 1.165) is 22.5 Å². The first-order valence-corrected chi connectivity index (χ1v) is 7.56. The van der Waals surface area contributed by atoms with Crippen molar-refractivity contribution in [2.75, 3.05) is 20.1 Å². The lowest BCUT2D eigenvalue weighted by molar-refractivity contribution is 0.234. The number of piperidine rings is 1. The Hall–Kier alpha value is -1.16. The van der Waals surface area contributed by atoms with E-state index in [1.165, 1.54) is 31.5 Å². The van der Waals surface area contributed by atoms with Gasteiger partial charge in [-0.05, 0) is 56.7 Å². The summed E-state index contributed by atoms with van der Waals surface area (Å²) in [5, 5.41) is 5.47. The molecule has 1 aliphatic rings. The van der Waals surface area contributed by atoms with Gasteiger partial charge in [-0.3, -0.25) is 4.98 Å². The van der Waals surface area contributed by atoms with Crippen LogP contribution in [0.25, 0.3) is 10.9 Å². The third-order valence-electron chi connectivity index (χ3n) is 4.10. The van der Waals surface area contributed by atoms with E-state index in [1.54, 1.807) is 0 Å². The highest BCUT2D eigenvalue weighted by molar-refractivity contribution is 6.35. The summed E-state index contributed by atoms with van der Waals surface area (Å²) in [5.41, 5.74) is 2.24. The molecule has 3 rings (SSSR count). The van der Waals surface area contributed by atoms with Crippen molar-refractivity contribution in [2.45, 2.75) is 25.4 Å². The van der Waals surface area contributed by atoms with Gasteiger partial charge in [0.25, 0.3) is 0 Å². The van der Waals surface area contributed by atoms with E-state index in [2.05, 4.69) is 28.3 Å². The Balaban J connectivity index is 1.73. The zero-order valence-electron chi connectivity index (χ0n) is 11.8. The number of fused-ring (bicyclic) bond motifs is 1. The molecule has 3 nitrogen and oxygen atoms in total. The number of halogens is 1. The molecule has 1 fully saturated rings. The van der Waals surface area contributed by atoms with Crippen molar-refractivity contribution in [3.63, 3.8) is 0 Å². The summed E-state index contributed by atoms with van der Waals surface area (Å²) >= 11 is 6.23. The van der Waals surface area contributed by atoms with Crippen LogP contribution >= 0.6 is 11.6 Å². The maximum atomic E-state index is 6.23. The molecule has 20 heavy (non-hydrogen) atoms. The molecule has 0 unspecified atom stereocenters. The smallest absolute Gasteiger partial charge is 0.0761 e. The molecule has 1 aromatic heterocycles. The van der Waals surface area contributed by atoms with Crippen molar-refractivity contribution in [3.05, 3.63) is 41.0 Å². The molecule has 4 heteroatoms. The molecule has 1 saturated heterocycles. The van der Waals surface area contributed by atoms with Crippen LogP contribution in [0.15, 0.2) is 30.5 Å². The van der Waals surface area contributed by atoms with Gasteiger partial charge < -0.3 is 10.2 Å². The SMILES string of the molecule is CN1CCC(NCc2ccc(Cl)c3cccnc23)CC1. The minimum Gasteiger partial charge on any atom is -0.310 e. The molecule has 1 aliphatic heterocycles. The maximum absolute atomic E-state index is 6.23. The number of likely N-dealkylation sites (tertiary alicyclic amines) is 1. The van der Waals surface area contributed by atoms with E-state index in [9.17, 15) is 0 Å². The van der Waals surface area contributed by atoms with E-state index >= 15 is 0 Å². The van der Waals surface area contributed by atoms with Gasteiger partial charge in [0.05, 0.1) is 5.52 Å². The first-order chi connectivity index (χ1) is 9.74. The Morgan fingerprint density at radius 3 is 2.90 bits per heavy atom. The molecule has 0 saturated carbocycles. The lowest BCUT2D eigenvalue weighted by Crippen LogP contribution is -2.40. The van der Waals surface area contributed by atoms with Crippen molar-refractivity contribution in [2.24, 2.45) is 0 Å². The fraction of sp³-hybridized carbons (Fsp3) is 0.438. The summed E-state index contributed by atoms with van der Waals surface area (Å²) in [4.78, 5) is 6.87. The molecule has 0 amide bonds. The van der Waals surface area contributed by atoms with E-state index in [1.807, 2.05) is 24.4 Å². The summed E-state index contributed by atoms with van der Waals surface area (Å²) in [6, 6.07) is 8.63. The highest BCUT2D eigenvalue weighted by atomic mass is 35.5. The Labute approximate surface area is 124 Å². The van der Waals surface area contributed by atoms with Gasteiger partial charge >= 0.3 is 0 Å². The second-order valence-electron chi connectivity index (χ2n) is 5.56. The fourth-order valence-electron chi connectivity index (χ4n) is 2.81. The largest absolute Gasteiger partial charge is 0.310 e. The minimum atomic E-state index is 0.612. The third kappa shape index (κ3) is 2.95. The number of hydrogen-bond donors (Lipinski definition) is 1. The van der Waals surface area contributed by atoms with Crippen LogP contribution in [0.5, 0.6) is 0 Å². The maximum Gasteiger partial charge on any atom is 0.0761 e. The Bertz CT molecular complexity index is 591. The van der Waals surface area contributed by atoms with Gasteiger partial charge in [-0.25, -0.2) is 0 Å². The molecule has 1 aromatic carbocycles. The Morgan fingerprint density at radius 1 is 1.30 bits per heavy atom. The highest BCUT2D eigenvalue weighted by Gasteiger charge is 2.16. The van der Waals surface area contributed by atoms with Crippen molar-refractivity contribution < 1.29 is 0 Å². The van der Waals surface area contributed by atoms with Crippen LogP contribution in [0.2, 0.25) is 5.02 Å². The predicted molar refractivity (Wildman–Crippen MR) is 84.1 cm³/mol. The average Bonchev–Trinajstić information content (AvgIpc) is 2.49. The standard InChI is InChI=1S/C16H20ClN3/c1-20-9-6-13(7-10-20)19-11-12-4-5-15(17)14-3-2-8-18-16(12)14/h2-5,8,13,19H,6-7,9-11H2,1H3. The molecule has 0 atom stereocenters.